The highest BCUT2D eigenvalue weighted by atomic mass is 16.4. The predicted molar refractivity (Wildman–Crippen MR) is 137 cm³/mol. The molecule has 0 saturated carbocycles. The highest BCUT2D eigenvalue weighted by Gasteiger charge is 2.29. The van der Waals surface area contributed by atoms with Crippen LogP contribution in [-0.2, 0) is 32.0 Å². The molecule has 200 valence electrons. The van der Waals surface area contributed by atoms with E-state index in [0.717, 1.165) is 5.56 Å². The first-order valence-corrected chi connectivity index (χ1v) is 12.1. The lowest BCUT2D eigenvalue weighted by molar-refractivity contribution is -0.142. The second-order valence-electron chi connectivity index (χ2n) is 8.63. The van der Waals surface area contributed by atoms with Crippen LogP contribution in [0.2, 0.25) is 0 Å². The van der Waals surface area contributed by atoms with E-state index in [9.17, 15) is 29.4 Å². The molecule has 11 heteroatoms. The number of unbranched alkanes of at least 4 members (excludes halogenated alkanes) is 1. The van der Waals surface area contributed by atoms with Crippen LogP contribution in [0.4, 0.5) is 0 Å². The van der Waals surface area contributed by atoms with Crippen molar-refractivity contribution in [2.75, 3.05) is 13.1 Å². The molecule has 2 rings (SSSR count). The maximum Gasteiger partial charge on any atom is 0.326 e. The van der Waals surface area contributed by atoms with Gasteiger partial charge in [-0.15, -0.1) is 0 Å². The second-order valence-corrected chi connectivity index (χ2v) is 8.63. The maximum atomic E-state index is 13.2. The summed E-state index contributed by atoms with van der Waals surface area (Å²) in [5.74, 6) is -2.99. The van der Waals surface area contributed by atoms with Crippen molar-refractivity contribution in [1.29, 1.82) is 0 Å². The zero-order chi connectivity index (χ0) is 27.2. The Morgan fingerprint density at radius 2 is 1.30 bits per heavy atom. The monoisotopic (exact) mass is 513 g/mol. The molecule has 2 aromatic rings. The molecule has 0 heterocycles. The van der Waals surface area contributed by atoms with E-state index in [0.29, 0.717) is 24.9 Å². The average molecular weight is 514 g/mol. The van der Waals surface area contributed by atoms with Crippen molar-refractivity contribution in [1.82, 2.24) is 16.0 Å². The Morgan fingerprint density at radius 1 is 0.730 bits per heavy atom. The van der Waals surface area contributed by atoms with E-state index in [1.54, 1.807) is 42.5 Å². The minimum absolute atomic E-state index is 0.0517. The van der Waals surface area contributed by atoms with Crippen molar-refractivity contribution in [2.24, 2.45) is 11.5 Å². The number of phenols is 1. The molecule has 3 amide bonds. The zero-order valence-electron chi connectivity index (χ0n) is 20.6. The van der Waals surface area contributed by atoms with Gasteiger partial charge >= 0.3 is 5.97 Å². The van der Waals surface area contributed by atoms with Gasteiger partial charge in [-0.25, -0.2) is 4.79 Å². The lowest BCUT2D eigenvalue weighted by Crippen LogP contribution is -2.57. The Kier molecular flexibility index (Phi) is 12.0. The molecular weight excluding hydrogens is 478 g/mol. The van der Waals surface area contributed by atoms with Crippen molar-refractivity contribution in [2.45, 2.75) is 50.2 Å². The number of hydrogen-bond acceptors (Lipinski definition) is 7. The predicted octanol–water partition coefficient (Wildman–Crippen LogP) is -0.196. The Hall–Kier alpha value is -3.96. The number of nitrogens with one attached hydrogen (secondary N) is 3. The normalized spacial score (nSPS) is 13.1. The van der Waals surface area contributed by atoms with E-state index in [1.807, 2.05) is 0 Å². The summed E-state index contributed by atoms with van der Waals surface area (Å²) in [6.07, 6.45) is 1.50. The van der Waals surface area contributed by atoms with Crippen molar-refractivity contribution in [3.05, 3.63) is 65.7 Å². The quantitative estimate of drug-likeness (QED) is 0.159. The molecule has 37 heavy (non-hydrogen) atoms. The standard InChI is InChI=1S/C26H35N5O6/c27-13-5-4-8-20(24(34)31-22(26(36)37)15-17-6-2-1-3-7-17)30-25(35)21(29-23(33)16-28)14-18-9-11-19(32)12-10-18/h1-3,6-7,9-12,20-22,32H,4-5,8,13-16,27-28H2,(H,29,33)(H,30,35)(H,31,34)(H,36,37). The van der Waals surface area contributed by atoms with Crippen LogP contribution in [0, 0.1) is 0 Å². The van der Waals surface area contributed by atoms with Gasteiger partial charge < -0.3 is 37.6 Å². The molecule has 0 fully saturated rings. The van der Waals surface area contributed by atoms with Crippen LogP contribution in [0.3, 0.4) is 0 Å². The minimum Gasteiger partial charge on any atom is -0.508 e. The first-order valence-electron chi connectivity index (χ1n) is 12.1. The number of carbonyl (C=O) groups excluding carboxylic acids is 3. The number of hydrogen-bond donors (Lipinski definition) is 7. The molecule has 0 aliphatic carbocycles. The van der Waals surface area contributed by atoms with Crippen molar-refractivity contribution in [3.8, 4) is 5.75 Å². The van der Waals surface area contributed by atoms with Gasteiger partial charge in [0.05, 0.1) is 6.54 Å². The summed E-state index contributed by atoms with van der Waals surface area (Å²) in [6, 6.07) is 11.7. The number of aliphatic carboxylic acids is 1. The van der Waals surface area contributed by atoms with E-state index in [1.165, 1.54) is 12.1 Å². The fourth-order valence-corrected chi connectivity index (χ4v) is 3.69. The third-order valence-electron chi connectivity index (χ3n) is 5.69. The number of aromatic hydroxyl groups is 1. The van der Waals surface area contributed by atoms with Crippen LogP contribution < -0.4 is 27.4 Å². The molecule has 3 unspecified atom stereocenters. The Bertz CT molecular complexity index is 1030. The first-order chi connectivity index (χ1) is 17.7. The fraction of sp³-hybridized carbons (Fsp3) is 0.385. The van der Waals surface area contributed by atoms with Gasteiger partial charge in [0.1, 0.15) is 23.9 Å². The van der Waals surface area contributed by atoms with E-state index < -0.39 is 41.8 Å². The van der Waals surface area contributed by atoms with Crippen molar-refractivity contribution in [3.63, 3.8) is 0 Å². The smallest absolute Gasteiger partial charge is 0.326 e. The summed E-state index contributed by atoms with van der Waals surface area (Å²) in [7, 11) is 0. The van der Waals surface area contributed by atoms with Gasteiger partial charge in [0, 0.05) is 12.8 Å². The van der Waals surface area contributed by atoms with Gasteiger partial charge in [-0.2, -0.15) is 0 Å². The van der Waals surface area contributed by atoms with Gasteiger partial charge in [0.2, 0.25) is 17.7 Å². The topological polar surface area (TPSA) is 197 Å². The highest BCUT2D eigenvalue weighted by Crippen LogP contribution is 2.12. The number of rotatable bonds is 15. The summed E-state index contributed by atoms with van der Waals surface area (Å²) in [4.78, 5) is 50.1. The second kappa shape index (κ2) is 15.2. The third kappa shape index (κ3) is 10.3. The first kappa shape index (κ1) is 29.3. The summed E-state index contributed by atoms with van der Waals surface area (Å²) >= 11 is 0. The van der Waals surface area contributed by atoms with Crippen molar-refractivity contribution >= 4 is 23.7 Å². The lowest BCUT2D eigenvalue weighted by atomic mass is 10.0. The lowest BCUT2D eigenvalue weighted by Gasteiger charge is -2.25. The molecule has 11 nitrogen and oxygen atoms in total. The summed E-state index contributed by atoms with van der Waals surface area (Å²) in [6.45, 7) is 0.0592. The SMILES string of the molecule is NCCCCC(NC(=O)C(Cc1ccc(O)cc1)NC(=O)CN)C(=O)NC(Cc1ccccc1)C(=O)O. The summed E-state index contributed by atoms with van der Waals surface area (Å²) < 4.78 is 0. The number of nitrogens with two attached hydrogens (primary N) is 2. The highest BCUT2D eigenvalue weighted by molar-refractivity contribution is 5.93. The molecule has 0 saturated heterocycles. The third-order valence-corrected chi connectivity index (χ3v) is 5.69. The number of carbonyl (C=O) groups is 4. The van der Waals surface area contributed by atoms with Crippen LogP contribution in [0.25, 0.3) is 0 Å². The Labute approximate surface area is 215 Å². The average Bonchev–Trinajstić information content (AvgIpc) is 2.88. The van der Waals surface area contributed by atoms with Crippen LogP contribution in [-0.4, -0.2) is 65.1 Å². The Morgan fingerprint density at radius 3 is 1.89 bits per heavy atom. The van der Waals surface area contributed by atoms with E-state index >= 15 is 0 Å². The van der Waals surface area contributed by atoms with Gasteiger partial charge in [-0.05, 0) is 49.1 Å². The van der Waals surface area contributed by atoms with Crippen LogP contribution in [0.5, 0.6) is 5.75 Å². The zero-order valence-corrected chi connectivity index (χ0v) is 20.6. The van der Waals surface area contributed by atoms with E-state index in [-0.39, 0.29) is 31.6 Å². The van der Waals surface area contributed by atoms with E-state index in [2.05, 4.69) is 16.0 Å². The largest absolute Gasteiger partial charge is 0.508 e. The summed E-state index contributed by atoms with van der Waals surface area (Å²) in [5, 5.41) is 26.9. The molecule has 2 aromatic carbocycles. The number of benzene rings is 2. The maximum absolute atomic E-state index is 13.2. The van der Waals surface area contributed by atoms with E-state index in [4.69, 9.17) is 11.5 Å². The number of amides is 3. The van der Waals surface area contributed by atoms with Crippen LogP contribution in [0.1, 0.15) is 30.4 Å². The van der Waals surface area contributed by atoms with Gasteiger partial charge in [0.15, 0.2) is 0 Å². The molecule has 0 radical (unpaired) electrons. The number of carboxylic acid groups (broad SMARTS) is 1. The van der Waals surface area contributed by atoms with Crippen LogP contribution in [0.15, 0.2) is 54.6 Å². The van der Waals surface area contributed by atoms with Gasteiger partial charge in [-0.3, -0.25) is 14.4 Å². The molecule has 0 bridgehead atoms. The van der Waals surface area contributed by atoms with Gasteiger partial charge in [0.25, 0.3) is 0 Å². The fourth-order valence-electron chi connectivity index (χ4n) is 3.69. The molecule has 0 aromatic heterocycles. The number of carboxylic acids is 1. The molecule has 0 spiro atoms. The molecule has 3 atom stereocenters. The molecular formula is C26H35N5O6. The number of phenolic OH excluding ortho intramolecular Hbond substituents is 1. The molecule has 9 N–H and O–H groups in total. The summed E-state index contributed by atoms with van der Waals surface area (Å²) in [5.41, 5.74) is 12.4. The van der Waals surface area contributed by atoms with Crippen LogP contribution >= 0.6 is 0 Å². The Balaban J connectivity index is 2.18. The molecule has 0 aliphatic rings. The minimum atomic E-state index is -1.20. The molecule has 0 aliphatic heterocycles. The van der Waals surface area contributed by atoms with Gasteiger partial charge in [-0.1, -0.05) is 42.5 Å². The van der Waals surface area contributed by atoms with Crippen molar-refractivity contribution < 1.29 is 29.4 Å².